The van der Waals surface area contributed by atoms with Gasteiger partial charge in [0.25, 0.3) is 0 Å². The summed E-state index contributed by atoms with van der Waals surface area (Å²) in [6.45, 7) is 0. The van der Waals surface area contributed by atoms with Gasteiger partial charge in [0.15, 0.2) is 0 Å². The number of aryl methyl sites for hydroxylation is 1. The third-order valence-electron chi connectivity index (χ3n) is 2.89. The van der Waals surface area contributed by atoms with Crippen LogP contribution in [0.5, 0.6) is 0 Å². The van der Waals surface area contributed by atoms with Crippen LogP contribution in [0.25, 0.3) is 0 Å². The largest absolute Gasteiger partial charge is 0.315 e. The molecule has 3 nitrogen and oxygen atoms in total. The maximum atomic E-state index is 12.0. The van der Waals surface area contributed by atoms with Crippen molar-refractivity contribution in [2.45, 2.75) is 12.8 Å². The molecular formula is C15H16N2O. The number of nitrogens with zero attached hydrogens (tertiary/aromatic N) is 2. The molecule has 0 aliphatic heterocycles. The minimum absolute atomic E-state index is 0.116. The van der Waals surface area contributed by atoms with Crippen molar-refractivity contribution in [2.24, 2.45) is 0 Å². The van der Waals surface area contributed by atoms with Crippen molar-refractivity contribution in [3.8, 4) is 0 Å². The SMILES string of the molecule is CN(C(=O)CCc1ccccc1)c1ccncc1. The van der Waals surface area contributed by atoms with E-state index in [0.717, 1.165) is 12.1 Å². The van der Waals surface area contributed by atoms with E-state index in [1.165, 1.54) is 5.56 Å². The molecule has 3 heteroatoms. The summed E-state index contributed by atoms with van der Waals surface area (Å²) in [6.07, 6.45) is 4.67. The van der Waals surface area contributed by atoms with Gasteiger partial charge in [-0.1, -0.05) is 30.3 Å². The first-order chi connectivity index (χ1) is 8.77. The molecule has 0 fully saturated rings. The van der Waals surface area contributed by atoms with Crippen molar-refractivity contribution in [2.75, 3.05) is 11.9 Å². The smallest absolute Gasteiger partial charge is 0.227 e. The molecule has 0 atom stereocenters. The molecule has 0 spiro atoms. The maximum Gasteiger partial charge on any atom is 0.227 e. The van der Waals surface area contributed by atoms with Crippen molar-refractivity contribution in [1.82, 2.24) is 4.98 Å². The van der Waals surface area contributed by atoms with Gasteiger partial charge in [0, 0.05) is 31.5 Å². The average molecular weight is 240 g/mol. The van der Waals surface area contributed by atoms with E-state index in [1.807, 2.05) is 42.5 Å². The highest BCUT2D eigenvalue weighted by Gasteiger charge is 2.10. The number of rotatable bonds is 4. The second-order valence-corrected chi connectivity index (χ2v) is 4.14. The molecule has 0 aliphatic rings. The van der Waals surface area contributed by atoms with Crippen LogP contribution in [0.2, 0.25) is 0 Å². The predicted molar refractivity (Wildman–Crippen MR) is 72.4 cm³/mol. The number of benzene rings is 1. The fourth-order valence-corrected chi connectivity index (χ4v) is 1.78. The van der Waals surface area contributed by atoms with E-state index in [4.69, 9.17) is 0 Å². The molecule has 0 saturated heterocycles. The third-order valence-corrected chi connectivity index (χ3v) is 2.89. The molecule has 92 valence electrons. The van der Waals surface area contributed by atoms with Crippen LogP contribution in [0.15, 0.2) is 54.9 Å². The molecule has 0 aliphatic carbocycles. The minimum Gasteiger partial charge on any atom is -0.315 e. The van der Waals surface area contributed by atoms with Gasteiger partial charge in [-0.3, -0.25) is 9.78 Å². The zero-order valence-corrected chi connectivity index (χ0v) is 10.4. The second-order valence-electron chi connectivity index (χ2n) is 4.14. The minimum atomic E-state index is 0.116. The average Bonchev–Trinajstić information content (AvgIpc) is 2.46. The van der Waals surface area contributed by atoms with E-state index in [9.17, 15) is 4.79 Å². The zero-order valence-electron chi connectivity index (χ0n) is 10.4. The van der Waals surface area contributed by atoms with Gasteiger partial charge >= 0.3 is 0 Å². The predicted octanol–water partition coefficient (Wildman–Crippen LogP) is 2.68. The number of aromatic nitrogens is 1. The number of carbonyl (C=O) groups is 1. The number of carbonyl (C=O) groups excluding carboxylic acids is 1. The quantitative estimate of drug-likeness (QED) is 0.823. The van der Waals surface area contributed by atoms with E-state index in [1.54, 1.807) is 24.3 Å². The topological polar surface area (TPSA) is 33.2 Å². The second kappa shape index (κ2) is 5.96. The van der Waals surface area contributed by atoms with Crippen LogP contribution < -0.4 is 4.90 Å². The summed E-state index contributed by atoms with van der Waals surface area (Å²) in [6, 6.07) is 13.7. The molecular weight excluding hydrogens is 224 g/mol. The van der Waals surface area contributed by atoms with Gasteiger partial charge in [0.05, 0.1) is 0 Å². The van der Waals surface area contributed by atoms with E-state index >= 15 is 0 Å². The molecule has 0 bridgehead atoms. The van der Waals surface area contributed by atoms with Gasteiger partial charge in [-0.2, -0.15) is 0 Å². The molecule has 1 amide bonds. The molecule has 18 heavy (non-hydrogen) atoms. The Hall–Kier alpha value is -2.16. The lowest BCUT2D eigenvalue weighted by Gasteiger charge is -2.16. The molecule has 1 heterocycles. The summed E-state index contributed by atoms with van der Waals surface area (Å²) in [5.74, 6) is 0.116. The maximum absolute atomic E-state index is 12.0. The number of amides is 1. The van der Waals surface area contributed by atoms with Gasteiger partial charge < -0.3 is 4.90 Å². The standard InChI is InChI=1S/C15H16N2O/c1-17(14-9-11-16-12-10-14)15(18)8-7-13-5-3-2-4-6-13/h2-6,9-12H,7-8H2,1H3. The first kappa shape index (κ1) is 12.3. The first-order valence-corrected chi connectivity index (χ1v) is 5.98. The fraction of sp³-hybridized carbons (Fsp3) is 0.200. The Labute approximate surface area is 107 Å². The highest BCUT2D eigenvalue weighted by atomic mass is 16.2. The summed E-state index contributed by atoms with van der Waals surface area (Å²) in [7, 11) is 1.79. The van der Waals surface area contributed by atoms with E-state index in [2.05, 4.69) is 4.98 Å². The van der Waals surface area contributed by atoms with Crippen molar-refractivity contribution in [3.05, 3.63) is 60.4 Å². The Morgan fingerprint density at radius 2 is 1.78 bits per heavy atom. The van der Waals surface area contributed by atoms with Crippen molar-refractivity contribution in [1.29, 1.82) is 0 Å². The molecule has 1 aromatic heterocycles. The molecule has 0 saturated carbocycles. The molecule has 0 radical (unpaired) electrons. The van der Waals surface area contributed by atoms with E-state index < -0.39 is 0 Å². The molecule has 0 unspecified atom stereocenters. The molecule has 2 aromatic rings. The van der Waals surface area contributed by atoms with Crippen LogP contribution in [-0.2, 0) is 11.2 Å². The van der Waals surface area contributed by atoms with Crippen LogP contribution in [0.4, 0.5) is 5.69 Å². The third kappa shape index (κ3) is 3.17. The Morgan fingerprint density at radius 3 is 2.44 bits per heavy atom. The molecule has 0 N–H and O–H groups in total. The van der Waals surface area contributed by atoms with Crippen LogP contribution in [-0.4, -0.2) is 17.9 Å². The molecule has 1 aromatic carbocycles. The Bertz CT molecular complexity index is 496. The number of hydrogen-bond acceptors (Lipinski definition) is 2. The van der Waals surface area contributed by atoms with Gasteiger partial charge in [-0.05, 0) is 24.1 Å². The Kier molecular flexibility index (Phi) is 4.07. The van der Waals surface area contributed by atoms with Crippen LogP contribution in [0.1, 0.15) is 12.0 Å². The number of hydrogen-bond donors (Lipinski definition) is 0. The van der Waals surface area contributed by atoms with Crippen LogP contribution in [0, 0.1) is 0 Å². The summed E-state index contributed by atoms with van der Waals surface area (Å²) < 4.78 is 0. The van der Waals surface area contributed by atoms with Crippen LogP contribution in [0.3, 0.4) is 0 Å². The fourth-order valence-electron chi connectivity index (χ4n) is 1.78. The Morgan fingerprint density at radius 1 is 1.11 bits per heavy atom. The zero-order chi connectivity index (χ0) is 12.8. The lowest BCUT2D eigenvalue weighted by molar-refractivity contribution is -0.118. The number of pyridine rings is 1. The first-order valence-electron chi connectivity index (χ1n) is 5.98. The molecule has 2 rings (SSSR count). The summed E-state index contributed by atoms with van der Waals surface area (Å²) in [5, 5.41) is 0. The highest BCUT2D eigenvalue weighted by molar-refractivity contribution is 5.92. The van der Waals surface area contributed by atoms with E-state index in [-0.39, 0.29) is 5.91 Å². The normalized spacial score (nSPS) is 10.1. The van der Waals surface area contributed by atoms with Gasteiger partial charge in [-0.15, -0.1) is 0 Å². The van der Waals surface area contributed by atoms with Gasteiger partial charge in [0.1, 0.15) is 0 Å². The lowest BCUT2D eigenvalue weighted by atomic mass is 10.1. The highest BCUT2D eigenvalue weighted by Crippen LogP contribution is 2.12. The summed E-state index contributed by atoms with van der Waals surface area (Å²) in [5.41, 5.74) is 2.07. The van der Waals surface area contributed by atoms with Crippen molar-refractivity contribution >= 4 is 11.6 Å². The lowest BCUT2D eigenvalue weighted by Crippen LogP contribution is -2.26. The van der Waals surface area contributed by atoms with Crippen LogP contribution >= 0.6 is 0 Å². The summed E-state index contributed by atoms with van der Waals surface area (Å²) >= 11 is 0. The van der Waals surface area contributed by atoms with Gasteiger partial charge in [-0.25, -0.2) is 0 Å². The number of anilines is 1. The summed E-state index contributed by atoms with van der Waals surface area (Å²) in [4.78, 5) is 17.6. The Balaban J connectivity index is 1.93. The van der Waals surface area contributed by atoms with Gasteiger partial charge in [0.2, 0.25) is 5.91 Å². The van der Waals surface area contributed by atoms with Crippen molar-refractivity contribution in [3.63, 3.8) is 0 Å². The monoisotopic (exact) mass is 240 g/mol. The van der Waals surface area contributed by atoms with E-state index in [0.29, 0.717) is 6.42 Å². The van der Waals surface area contributed by atoms with Crippen molar-refractivity contribution < 1.29 is 4.79 Å².